The zero-order chi connectivity index (χ0) is 16.2. The predicted octanol–water partition coefficient (Wildman–Crippen LogP) is 1.51. The second kappa shape index (κ2) is 6.39. The van der Waals surface area contributed by atoms with Crippen LogP contribution >= 0.6 is 0 Å². The van der Waals surface area contributed by atoms with E-state index in [0.717, 1.165) is 0 Å². The Kier molecular flexibility index (Phi) is 4.13. The number of hydrogen-bond acceptors (Lipinski definition) is 6. The number of hydrogen-bond donors (Lipinski definition) is 1. The van der Waals surface area contributed by atoms with Crippen LogP contribution in [0.1, 0.15) is 40.7 Å². The molecule has 1 atom stereocenters. The highest BCUT2D eigenvalue weighted by atomic mass is 16.5. The van der Waals surface area contributed by atoms with Crippen LogP contribution in [0.15, 0.2) is 41.1 Å². The third-order valence-electron chi connectivity index (χ3n) is 3.32. The molecule has 0 saturated carbocycles. The first-order valence-corrected chi connectivity index (χ1v) is 7.17. The molecule has 3 rings (SSSR count). The SMILES string of the molecule is Cc1noc(C(C)n2cc(CNC(=O)c3ccccc3)nn2)n1. The monoisotopic (exact) mass is 312 g/mol. The molecule has 0 aliphatic heterocycles. The topological polar surface area (TPSA) is 98.7 Å². The van der Waals surface area contributed by atoms with Crippen molar-refractivity contribution < 1.29 is 9.32 Å². The number of nitrogens with one attached hydrogen (secondary N) is 1. The number of amides is 1. The standard InChI is InChI=1S/C15H16N6O2/c1-10(15-17-11(2)19-23-15)21-9-13(18-20-21)8-16-14(22)12-6-4-3-5-7-12/h3-7,9-10H,8H2,1-2H3,(H,16,22). The summed E-state index contributed by atoms with van der Waals surface area (Å²) in [4.78, 5) is 16.2. The van der Waals surface area contributed by atoms with Gasteiger partial charge in [-0.1, -0.05) is 28.6 Å². The molecular weight excluding hydrogens is 296 g/mol. The summed E-state index contributed by atoms with van der Waals surface area (Å²) in [5, 5.41) is 14.6. The second-order valence-corrected chi connectivity index (χ2v) is 5.09. The third-order valence-corrected chi connectivity index (χ3v) is 3.32. The Morgan fingerprint density at radius 1 is 1.35 bits per heavy atom. The molecule has 1 N–H and O–H groups in total. The van der Waals surface area contributed by atoms with Crippen molar-refractivity contribution in [3.8, 4) is 0 Å². The molecule has 2 aromatic heterocycles. The van der Waals surface area contributed by atoms with E-state index < -0.39 is 0 Å². The van der Waals surface area contributed by atoms with Crippen LogP contribution in [0.2, 0.25) is 0 Å². The van der Waals surface area contributed by atoms with Crippen molar-refractivity contribution in [1.82, 2.24) is 30.5 Å². The number of nitrogens with zero attached hydrogens (tertiary/aromatic N) is 5. The van der Waals surface area contributed by atoms with Gasteiger partial charge in [0.2, 0.25) is 0 Å². The van der Waals surface area contributed by atoms with Crippen LogP contribution in [0, 0.1) is 6.92 Å². The fraction of sp³-hybridized carbons (Fsp3) is 0.267. The average Bonchev–Trinajstić information content (AvgIpc) is 3.22. The maximum Gasteiger partial charge on any atom is 0.251 e. The number of carbonyl (C=O) groups is 1. The van der Waals surface area contributed by atoms with E-state index in [1.165, 1.54) is 0 Å². The Balaban J connectivity index is 1.62. The molecule has 3 aromatic rings. The minimum Gasteiger partial charge on any atom is -0.346 e. The summed E-state index contributed by atoms with van der Waals surface area (Å²) < 4.78 is 6.75. The van der Waals surface area contributed by atoms with Gasteiger partial charge < -0.3 is 9.84 Å². The van der Waals surface area contributed by atoms with E-state index in [4.69, 9.17) is 4.52 Å². The molecule has 0 bridgehead atoms. The molecule has 1 unspecified atom stereocenters. The van der Waals surface area contributed by atoms with E-state index in [-0.39, 0.29) is 11.9 Å². The Labute approximate surface area is 132 Å². The lowest BCUT2D eigenvalue weighted by atomic mass is 10.2. The van der Waals surface area contributed by atoms with E-state index >= 15 is 0 Å². The van der Waals surface area contributed by atoms with Gasteiger partial charge in [-0.2, -0.15) is 4.98 Å². The van der Waals surface area contributed by atoms with Gasteiger partial charge in [0.25, 0.3) is 11.8 Å². The van der Waals surface area contributed by atoms with Gasteiger partial charge in [-0.05, 0) is 26.0 Å². The largest absolute Gasteiger partial charge is 0.346 e. The number of benzene rings is 1. The highest BCUT2D eigenvalue weighted by molar-refractivity contribution is 5.93. The summed E-state index contributed by atoms with van der Waals surface area (Å²) in [6, 6.07) is 8.79. The molecule has 23 heavy (non-hydrogen) atoms. The Hall–Kier alpha value is -3.03. The van der Waals surface area contributed by atoms with Crippen LogP contribution in [-0.2, 0) is 6.54 Å². The first kappa shape index (κ1) is 14.9. The van der Waals surface area contributed by atoms with Crippen molar-refractivity contribution in [1.29, 1.82) is 0 Å². The summed E-state index contributed by atoms with van der Waals surface area (Å²) in [5.74, 6) is 0.885. The molecule has 0 spiro atoms. The van der Waals surface area contributed by atoms with Gasteiger partial charge in [0.1, 0.15) is 11.7 Å². The molecule has 0 aliphatic rings. The number of aromatic nitrogens is 5. The van der Waals surface area contributed by atoms with Crippen molar-refractivity contribution in [2.75, 3.05) is 0 Å². The lowest BCUT2D eigenvalue weighted by Crippen LogP contribution is -2.22. The smallest absolute Gasteiger partial charge is 0.251 e. The molecule has 1 aromatic carbocycles. The molecule has 0 fully saturated rings. The van der Waals surface area contributed by atoms with E-state index in [9.17, 15) is 4.79 Å². The fourth-order valence-corrected chi connectivity index (χ4v) is 2.04. The summed E-state index contributed by atoms with van der Waals surface area (Å²) in [6.07, 6.45) is 1.75. The summed E-state index contributed by atoms with van der Waals surface area (Å²) >= 11 is 0. The number of aryl methyl sites for hydroxylation is 1. The van der Waals surface area contributed by atoms with E-state index in [1.807, 2.05) is 25.1 Å². The lowest BCUT2D eigenvalue weighted by molar-refractivity contribution is 0.0950. The average molecular weight is 312 g/mol. The minimum absolute atomic E-state index is 0.152. The molecule has 1 amide bonds. The van der Waals surface area contributed by atoms with Gasteiger partial charge in [0.15, 0.2) is 5.82 Å². The van der Waals surface area contributed by atoms with E-state index in [1.54, 1.807) is 29.9 Å². The predicted molar refractivity (Wildman–Crippen MR) is 80.5 cm³/mol. The van der Waals surface area contributed by atoms with Crippen LogP contribution in [0.3, 0.4) is 0 Å². The summed E-state index contributed by atoms with van der Waals surface area (Å²) in [6.45, 7) is 3.93. The molecule has 8 heteroatoms. The molecule has 0 saturated heterocycles. The zero-order valence-electron chi connectivity index (χ0n) is 12.8. The molecule has 0 radical (unpaired) electrons. The molecular formula is C15H16N6O2. The Bertz CT molecular complexity index is 795. The number of carbonyl (C=O) groups excluding carboxylic acids is 1. The van der Waals surface area contributed by atoms with Crippen LogP contribution in [0.4, 0.5) is 0 Å². The van der Waals surface area contributed by atoms with Crippen molar-refractivity contribution in [2.45, 2.75) is 26.4 Å². The highest BCUT2D eigenvalue weighted by Gasteiger charge is 2.17. The second-order valence-electron chi connectivity index (χ2n) is 5.09. The van der Waals surface area contributed by atoms with Crippen LogP contribution in [0.5, 0.6) is 0 Å². The maximum absolute atomic E-state index is 12.0. The Morgan fingerprint density at radius 3 is 2.83 bits per heavy atom. The first-order chi connectivity index (χ1) is 11.1. The molecule has 8 nitrogen and oxygen atoms in total. The van der Waals surface area contributed by atoms with Gasteiger partial charge in [0.05, 0.1) is 12.7 Å². The zero-order valence-corrected chi connectivity index (χ0v) is 12.8. The highest BCUT2D eigenvalue weighted by Crippen LogP contribution is 2.14. The van der Waals surface area contributed by atoms with Crippen LogP contribution in [0.25, 0.3) is 0 Å². The van der Waals surface area contributed by atoms with Crippen LogP contribution < -0.4 is 5.32 Å². The Morgan fingerprint density at radius 2 is 2.13 bits per heavy atom. The van der Waals surface area contributed by atoms with E-state index in [0.29, 0.717) is 29.5 Å². The van der Waals surface area contributed by atoms with Gasteiger partial charge in [-0.15, -0.1) is 5.10 Å². The molecule has 2 heterocycles. The van der Waals surface area contributed by atoms with E-state index in [2.05, 4.69) is 25.8 Å². The van der Waals surface area contributed by atoms with Gasteiger partial charge >= 0.3 is 0 Å². The molecule has 118 valence electrons. The van der Waals surface area contributed by atoms with Gasteiger partial charge in [0, 0.05) is 5.56 Å². The third kappa shape index (κ3) is 3.42. The summed E-state index contributed by atoms with van der Waals surface area (Å²) in [5.41, 5.74) is 1.26. The van der Waals surface area contributed by atoms with Crippen molar-refractivity contribution in [2.24, 2.45) is 0 Å². The summed E-state index contributed by atoms with van der Waals surface area (Å²) in [7, 11) is 0. The first-order valence-electron chi connectivity index (χ1n) is 7.17. The quantitative estimate of drug-likeness (QED) is 0.766. The molecule has 0 aliphatic carbocycles. The van der Waals surface area contributed by atoms with Crippen LogP contribution in [-0.4, -0.2) is 31.0 Å². The van der Waals surface area contributed by atoms with Gasteiger partial charge in [-0.3, -0.25) is 4.79 Å². The van der Waals surface area contributed by atoms with Gasteiger partial charge in [-0.25, -0.2) is 4.68 Å². The maximum atomic E-state index is 12.0. The van der Waals surface area contributed by atoms with Crippen molar-refractivity contribution in [3.63, 3.8) is 0 Å². The fourth-order valence-electron chi connectivity index (χ4n) is 2.04. The van der Waals surface area contributed by atoms with Crippen molar-refractivity contribution >= 4 is 5.91 Å². The lowest BCUT2D eigenvalue weighted by Gasteiger charge is -2.05. The minimum atomic E-state index is -0.220. The normalized spacial score (nSPS) is 12.1. The number of rotatable bonds is 5. The van der Waals surface area contributed by atoms with Crippen molar-refractivity contribution in [3.05, 3.63) is 59.5 Å².